The molecule has 0 aliphatic carbocycles. The largest absolute Gasteiger partial charge is 0.261 e. The first-order chi connectivity index (χ1) is 5.33. The average molecular weight is 171 g/mol. The third kappa shape index (κ3) is 2.89. The molecule has 0 spiro atoms. The Bertz CT molecular complexity index is 225. The lowest BCUT2D eigenvalue weighted by Crippen LogP contribution is -2.26. The fourth-order valence-corrected chi connectivity index (χ4v) is 1.05. The van der Waals surface area contributed by atoms with E-state index in [2.05, 4.69) is 10.9 Å². The molecule has 0 saturated carbocycles. The zero-order valence-electron chi connectivity index (χ0n) is 6.39. The van der Waals surface area contributed by atoms with Crippen molar-refractivity contribution in [1.29, 1.82) is 0 Å². The van der Waals surface area contributed by atoms with Gasteiger partial charge >= 0.3 is 0 Å². The first-order valence-corrected chi connectivity index (χ1v) is 3.85. The Balaban J connectivity index is 2.56. The van der Waals surface area contributed by atoms with Crippen LogP contribution in [0, 0.1) is 0 Å². The van der Waals surface area contributed by atoms with Crippen LogP contribution in [0.3, 0.4) is 0 Å². The van der Waals surface area contributed by atoms with Gasteiger partial charge in [-0.25, -0.2) is 0 Å². The predicted molar refractivity (Wildman–Crippen MR) is 47.4 cm³/mol. The molecule has 0 unspecified atom stereocenters. The van der Waals surface area contributed by atoms with Gasteiger partial charge in [0.05, 0.1) is 0 Å². The molecular formula is C8H11ClN2. The Hall–Kier alpha value is -0.570. The van der Waals surface area contributed by atoms with Crippen molar-refractivity contribution in [2.45, 2.75) is 6.54 Å². The Kier molecular flexibility index (Phi) is 3.36. The Morgan fingerprint density at radius 3 is 2.91 bits per heavy atom. The number of hydrazine groups is 1. The van der Waals surface area contributed by atoms with Gasteiger partial charge in [-0.15, -0.1) is 0 Å². The Labute approximate surface area is 71.5 Å². The number of benzene rings is 1. The highest BCUT2D eigenvalue weighted by molar-refractivity contribution is 6.30. The maximum Gasteiger partial charge on any atom is 0.0409 e. The Morgan fingerprint density at radius 1 is 1.45 bits per heavy atom. The van der Waals surface area contributed by atoms with Gasteiger partial charge in [0.1, 0.15) is 0 Å². The molecule has 1 aromatic carbocycles. The number of hydrogen-bond donors (Lipinski definition) is 2. The summed E-state index contributed by atoms with van der Waals surface area (Å²) in [4.78, 5) is 0. The minimum absolute atomic E-state index is 0.778. The third-order valence-corrected chi connectivity index (χ3v) is 1.59. The zero-order chi connectivity index (χ0) is 8.10. The van der Waals surface area contributed by atoms with E-state index in [-0.39, 0.29) is 0 Å². The molecular weight excluding hydrogens is 160 g/mol. The molecule has 0 heterocycles. The molecule has 0 saturated heterocycles. The fourth-order valence-electron chi connectivity index (χ4n) is 0.837. The van der Waals surface area contributed by atoms with Crippen LogP contribution >= 0.6 is 11.6 Å². The summed E-state index contributed by atoms with van der Waals surface area (Å²) in [7, 11) is 1.84. The maximum atomic E-state index is 5.78. The third-order valence-electron chi connectivity index (χ3n) is 1.36. The van der Waals surface area contributed by atoms with Gasteiger partial charge in [-0.3, -0.25) is 10.9 Å². The second kappa shape index (κ2) is 4.34. The highest BCUT2D eigenvalue weighted by Gasteiger charge is 1.91. The summed E-state index contributed by atoms with van der Waals surface area (Å²) in [6.07, 6.45) is 0. The van der Waals surface area contributed by atoms with E-state index in [1.807, 2.05) is 31.3 Å². The van der Waals surface area contributed by atoms with Crippen LogP contribution in [0.4, 0.5) is 0 Å². The number of hydrogen-bond acceptors (Lipinski definition) is 2. The molecule has 1 aromatic rings. The van der Waals surface area contributed by atoms with E-state index >= 15 is 0 Å². The summed E-state index contributed by atoms with van der Waals surface area (Å²) in [5, 5.41) is 0.778. The summed E-state index contributed by atoms with van der Waals surface area (Å²) >= 11 is 5.78. The number of rotatable bonds is 3. The lowest BCUT2D eigenvalue weighted by atomic mass is 10.2. The van der Waals surface area contributed by atoms with Crippen LogP contribution < -0.4 is 10.9 Å². The van der Waals surface area contributed by atoms with E-state index in [0.717, 1.165) is 11.6 Å². The van der Waals surface area contributed by atoms with Gasteiger partial charge in [-0.2, -0.15) is 0 Å². The summed E-state index contributed by atoms with van der Waals surface area (Å²) < 4.78 is 0. The Morgan fingerprint density at radius 2 is 2.27 bits per heavy atom. The van der Waals surface area contributed by atoms with Crippen molar-refractivity contribution in [2.24, 2.45) is 0 Å². The van der Waals surface area contributed by atoms with Crippen LogP contribution in [0.15, 0.2) is 24.3 Å². The van der Waals surface area contributed by atoms with Gasteiger partial charge in [0, 0.05) is 11.6 Å². The standard InChI is InChI=1S/C8H11ClN2/c1-10-11-6-7-3-2-4-8(9)5-7/h2-5,10-11H,6H2,1H3. The molecule has 1 rings (SSSR count). The van der Waals surface area contributed by atoms with E-state index in [1.165, 1.54) is 5.56 Å². The minimum Gasteiger partial charge on any atom is -0.261 e. The molecule has 0 fully saturated rings. The lowest BCUT2D eigenvalue weighted by Gasteiger charge is -2.02. The quantitative estimate of drug-likeness (QED) is 0.673. The van der Waals surface area contributed by atoms with Crippen molar-refractivity contribution in [3.05, 3.63) is 34.9 Å². The molecule has 2 nitrogen and oxygen atoms in total. The molecule has 60 valence electrons. The molecule has 0 aliphatic heterocycles. The van der Waals surface area contributed by atoms with Crippen molar-refractivity contribution in [3.8, 4) is 0 Å². The monoisotopic (exact) mass is 170 g/mol. The topological polar surface area (TPSA) is 24.1 Å². The second-order valence-corrected chi connectivity index (χ2v) is 2.67. The summed E-state index contributed by atoms with van der Waals surface area (Å²) in [5.41, 5.74) is 7.00. The second-order valence-electron chi connectivity index (χ2n) is 2.23. The smallest absolute Gasteiger partial charge is 0.0409 e. The van der Waals surface area contributed by atoms with Crippen molar-refractivity contribution in [3.63, 3.8) is 0 Å². The van der Waals surface area contributed by atoms with Gasteiger partial charge in [0.15, 0.2) is 0 Å². The van der Waals surface area contributed by atoms with Crippen LogP contribution in [0.2, 0.25) is 5.02 Å². The SMILES string of the molecule is CNNCc1cccc(Cl)c1. The van der Waals surface area contributed by atoms with Gasteiger partial charge in [0.2, 0.25) is 0 Å². The van der Waals surface area contributed by atoms with E-state index < -0.39 is 0 Å². The zero-order valence-corrected chi connectivity index (χ0v) is 7.15. The van der Waals surface area contributed by atoms with E-state index in [1.54, 1.807) is 0 Å². The normalized spacial score (nSPS) is 10.0. The van der Waals surface area contributed by atoms with Crippen LogP contribution in [0.25, 0.3) is 0 Å². The van der Waals surface area contributed by atoms with Crippen LogP contribution in [0.1, 0.15) is 5.56 Å². The first kappa shape index (κ1) is 8.53. The van der Waals surface area contributed by atoms with Crippen molar-refractivity contribution >= 4 is 11.6 Å². The van der Waals surface area contributed by atoms with Gasteiger partial charge in [0.25, 0.3) is 0 Å². The van der Waals surface area contributed by atoms with Crippen molar-refractivity contribution in [2.75, 3.05) is 7.05 Å². The van der Waals surface area contributed by atoms with Crippen LogP contribution in [-0.4, -0.2) is 7.05 Å². The lowest BCUT2D eigenvalue weighted by molar-refractivity contribution is 0.596. The molecule has 0 amide bonds. The molecule has 0 aromatic heterocycles. The summed E-state index contributed by atoms with van der Waals surface area (Å²) in [6, 6.07) is 7.77. The molecule has 0 aliphatic rings. The van der Waals surface area contributed by atoms with Gasteiger partial charge in [-0.05, 0) is 24.7 Å². The number of halogens is 1. The molecule has 11 heavy (non-hydrogen) atoms. The molecule has 0 radical (unpaired) electrons. The van der Waals surface area contributed by atoms with E-state index in [9.17, 15) is 0 Å². The van der Waals surface area contributed by atoms with E-state index in [0.29, 0.717) is 0 Å². The maximum absolute atomic E-state index is 5.78. The van der Waals surface area contributed by atoms with Crippen LogP contribution in [-0.2, 0) is 6.54 Å². The van der Waals surface area contributed by atoms with Crippen molar-refractivity contribution < 1.29 is 0 Å². The first-order valence-electron chi connectivity index (χ1n) is 3.47. The highest BCUT2D eigenvalue weighted by Crippen LogP contribution is 2.09. The molecule has 0 bridgehead atoms. The summed E-state index contributed by atoms with van der Waals surface area (Å²) in [5.74, 6) is 0. The minimum atomic E-state index is 0.778. The number of nitrogens with one attached hydrogen (secondary N) is 2. The van der Waals surface area contributed by atoms with E-state index in [4.69, 9.17) is 11.6 Å². The predicted octanol–water partition coefficient (Wildman–Crippen LogP) is 1.56. The molecule has 2 N–H and O–H groups in total. The fraction of sp³-hybridized carbons (Fsp3) is 0.250. The van der Waals surface area contributed by atoms with Crippen molar-refractivity contribution in [1.82, 2.24) is 10.9 Å². The molecule has 0 atom stereocenters. The average Bonchev–Trinajstić information content (AvgIpc) is 2.01. The van der Waals surface area contributed by atoms with Gasteiger partial charge in [-0.1, -0.05) is 23.7 Å². The summed E-state index contributed by atoms with van der Waals surface area (Å²) in [6.45, 7) is 0.789. The van der Waals surface area contributed by atoms with Crippen LogP contribution in [0.5, 0.6) is 0 Å². The highest BCUT2D eigenvalue weighted by atomic mass is 35.5. The molecule has 3 heteroatoms. The van der Waals surface area contributed by atoms with Gasteiger partial charge < -0.3 is 0 Å².